The minimum atomic E-state index is -0.773. The predicted molar refractivity (Wildman–Crippen MR) is 89.9 cm³/mol. The largest absolute Gasteiger partial charge is 0.481 e. The standard InChI is InChI=1S/C18H26N2O5/c1-2-24-12-16(21)20-6-3-5-18(17(22)23)13-19(9-15(18)10-20)8-14-4-7-25-11-14/h4,7,11,15H,2-3,5-6,8-10,12-13H2,1H3,(H,22,23)/t15-,18+/m0/s1. The summed E-state index contributed by atoms with van der Waals surface area (Å²) in [6.07, 6.45) is 4.64. The number of hydrogen-bond donors (Lipinski definition) is 1. The van der Waals surface area contributed by atoms with Crippen LogP contribution in [0.25, 0.3) is 0 Å². The molecule has 1 amide bonds. The summed E-state index contributed by atoms with van der Waals surface area (Å²) in [6.45, 7) is 5.40. The van der Waals surface area contributed by atoms with E-state index in [1.165, 1.54) is 0 Å². The summed E-state index contributed by atoms with van der Waals surface area (Å²) in [6, 6.07) is 1.90. The van der Waals surface area contributed by atoms with Gasteiger partial charge in [0, 0.05) is 50.8 Å². The fourth-order valence-corrected chi connectivity index (χ4v) is 4.16. The molecule has 3 rings (SSSR count). The molecule has 1 N–H and O–H groups in total. The van der Waals surface area contributed by atoms with Crippen LogP contribution in [-0.4, -0.2) is 66.2 Å². The number of carboxylic acid groups (broad SMARTS) is 1. The maximum absolute atomic E-state index is 12.3. The summed E-state index contributed by atoms with van der Waals surface area (Å²) in [7, 11) is 0. The number of furan rings is 1. The van der Waals surface area contributed by atoms with Crippen LogP contribution in [0, 0.1) is 11.3 Å². The molecule has 7 nitrogen and oxygen atoms in total. The maximum Gasteiger partial charge on any atom is 0.311 e. The van der Waals surface area contributed by atoms with Crippen molar-refractivity contribution in [1.82, 2.24) is 9.80 Å². The Morgan fingerprint density at radius 3 is 2.96 bits per heavy atom. The average molecular weight is 350 g/mol. The van der Waals surface area contributed by atoms with E-state index in [0.717, 1.165) is 5.56 Å². The van der Waals surface area contributed by atoms with Crippen LogP contribution >= 0.6 is 0 Å². The number of hydrogen-bond acceptors (Lipinski definition) is 5. The smallest absolute Gasteiger partial charge is 0.311 e. The minimum absolute atomic E-state index is 0.0451. The molecule has 2 fully saturated rings. The lowest BCUT2D eigenvalue weighted by atomic mass is 9.75. The molecule has 0 radical (unpaired) electrons. The van der Waals surface area contributed by atoms with E-state index in [1.54, 1.807) is 17.4 Å². The summed E-state index contributed by atoms with van der Waals surface area (Å²) in [5, 5.41) is 9.96. The van der Waals surface area contributed by atoms with Gasteiger partial charge in [-0.2, -0.15) is 0 Å². The molecule has 2 saturated heterocycles. The zero-order valence-electron chi connectivity index (χ0n) is 14.6. The molecule has 3 heterocycles. The number of rotatable bonds is 6. The van der Waals surface area contributed by atoms with Crippen LogP contribution < -0.4 is 0 Å². The second-order valence-electron chi connectivity index (χ2n) is 7.04. The van der Waals surface area contributed by atoms with Crippen molar-refractivity contribution in [3.05, 3.63) is 24.2 Å². The van der Waals surface area contributed by atoms with Gasteiger partial charge in [-0.3, -0.25) is 14.5 Å². The SMILES string of the molecule is CCOCC(=O)N1CCC[C@@]2(C(=O)O)CN(Cc3ccoc3)C[C@H]2C1. The molecule has 2 aliphatic heterocycles. The monoisotopic (exact) mass is 350 g/mol. The number of nitrogens with zero attached hydrogens (tertiary/aromatic N) is 2. The van der Waals surface area contributed by atoms with Gasteiger partial charge in [-0.05, 0) is 25.8 Å². The molecular formula is C18H26N2O5. The van der Waals surface area contributed by atoms with Gasteiger partial charge in [-0.25, -0.2) is 0 Å². The van der Waals surface area contributed by atoms with Crippen molar-refractivity contribution < 1.29 is 23.8 Å². The normalized spacial score (nSPS) is 27.1. The predicted octanol–water partition coefficient (Wildman–Crippen LogP) is 1.44. The second-order valence-corrected chi connectivity index (χ2v) is 7.04. The number of amides is 1. The molecule has 138 valence electrons. The molecule has 7 heteroatoms. The van der Waals surface area contributed by atoms with Crippen LogP contribution in [0.2, 0.25) is 0 Å². The fraction of sp³-hybridized carbons (Fsp3) is 0.667. The first kappa shape index (κ1) is 17.9. The third kappa shape index (κ3) is 3.72. The van der Waals surface area contributed by atoms with E-state index in [-0.39, 0.29) is 18.4 Å². The van der Waals surface area contributed by atoms with Gasteiger partial charge in [0.25, 0.3) is 0 Å². The first-order valence-electron chi connectivity index (χ1n) is 8.87. The van der Waals surface area contributed by atoms with Gasteiger partial charge < -0.3 is 19.2 Å². The highest BCUT2D eigenvalue weighted by Crippen LogP contribution is 2.43. The zero-order chi connectivity index (χ0) is 17.9. The second kappa shape index (κ2) is 7.58. The molecule has 1 aromatic heterocycles. The number of carbonyl (C=O) groups is 2. The van der Waals surface area contributed by atoms with Crippen LogP contribution in [0.3, 0.4) is 0 Å². The highest BCUT2D eigenvalue weighted by Gasteiger charge is 2.53. The minimum Gasteiger partial charge on any atom is -0.481 e. The first-order valence-corrected chi connectivity index (χ1v) is 8.87. The summed E-state index contributed by atoms with van der Waals surface area (Å²) in [5.74, 6) is -0.854. The van der Waals surface area contributed by atoms with Gasteiger partial charge in [-0.1, -0.05) is 0 Å². The third-order valence-electron chi connectivity index (χ3n) is 5.45. The van der Waals surface area contributed by atoms with Crippen molar-refractivity contribution in [2.24, 2.45) is 11.3 Å². The highest BCUT2D eigenvalue weighted by molar-refractivity contribution is 5.79. The highest BCUT2D eigenvalue weighted by atomic mass is 16.5. The molecule has 0 spiro atoms. The Morgan fingerprint density at radius 2 is 2.28 bits per heavy atom. The van der Waals surface area contributed by atoms with Crippen molar-refractivity contribution in [2.75, 3.05) is 39.4 Å². The molecule has 0 unspecified atom stereocenters. The van der Waals surface area contributed by atoms with Crippen molar-refractivity contribution in [3.8, 4) is 0 Å². The van der Waals surface area contributed by atoms with Crippen molar-refractivity contribution in [2.45, 2.75) is 26.3 Å². The zero-order valence-corrected chi connectivity index (χ0v) is 14.6. The van der Waals surface area contributed by atoms with Crippen molar-refractivity contribution in [1.29, 1.82) is 0 Å². The first-order chi connectivity index (χ1) is 12.0. The molecule has 0 saturated carbocycles. The quantitative estimate of drug-likeness (QED) is 0.836. The lowest BCUT2D eigenvalue weighted by Crippen LogP contribution is -2.43. The van der Waals surface area contributed by atoms with Crippen LogP contribution in [0.15, 0.2) is 23.0 Å². The molecule has 1 aromatic rings. The van der Waals surface area contributed by atoms with E-state index >= 15 is 0 Å². The van der Waals surface area contributed by atoms with Crippen LogP contribution in [0.1, 0.15) is 25.3 Å². The maximum atomic E-state index is 12.3. The molecule has 0 bridgehead atoms. The van der Waals surface area contributed by atoms with E-state index in [9.17, 15) is 14.7 Å². The Kier molecular flexibility index (Phi) is 5.44. The third-order valence-corrected chi connectivity index (χ3v) is 5.45. The number of fused-ring (bicyclic) bond motifs is 1. The Morgan fingerprint density at radius 1 is 1.44 bits per heavy atom. The molecular weight excluding hydrogens is 324 g/mol. The Labute approximate surface area is 147 Å². The fourth-order valence-electron chi connectivity index (χ4n) is 4.16. The summed E-state index contributed by atoms with van der Waals surface area (Å²) in [5.41, 5.74) is 0.269. The number of carbonyl (C=O) groups excluding carboxylic acids is 1. The summed E-state index contributed by atoms with van der Waals surface area (Å²) >= 11 is 0. The number of carboxylic acids is 1. The van der Waals surface area contributed by atoms with Gasteiger partial charge in [0.1, 0.15) is 6.61 Å². The van der Waals surface area contributed by atoms with E-state index in [0.29, 0.717) is 52.2 Å². The molecule has 25 heavy (non-hydrogen) atoms. The lowest BCUT2D eigenvalue weighted by Gasteiger charge is -2.29. The number of aliphatic carboxylic acids is 1. The van der Waals surface area contributed by atoms with E-state index < -0.39 is 11.4 Å². The summed E-state index contributed by atoms with van der Waals surface area (Å²) < 4.78 is 10.3. The number of likely N-dealkylation sites (tertiary alicyclic amines) is 2. The Hall–Kier alpha value is -1.86. The molecule has 0 aliphatic carbocycles. The van der Waals surface area contributed by atoms with Gasteiger partial charge >= 0.3 is 5.97 Å². The Bertz CT molecular complexity index is 603. The topological polar surface area (TPSA) is 83.2 Å². The van der Waals surface area contributed by atoms with Gasteiger partial charge in [-0.15, -0.1) is 0 Å². The number of ether oxygens (including phenoxy) is 1. The van der Waals surface area contributed by atoms with E-state index in [2.05, 4.69) is 4.90 Å². The molecule has 2 atom stereocenters. The van der Waals surface area contributed by atoms with Gasteiger partial charge in [0.15, 0.2) is 0 Å². The van der Waals surface area contributed by atoms with Crippen LogP contribution in [-0.2, 0) is 20.9 Å². The van der Waals surface area contributed by atoms with Gasteiger partial charge in [0.2, 0.25) is 5.91 Å². The van der Waals surface area contributed by atoms with Crippen LogP contribution in [0.5, 0.6) is 0 Å². The van der Waals surface area contributed by atoms with Crippen molar-refractivity contribution >= 4 is 11.9 Å². The molecule has 0 aromatic carbocycles. The Balaban J connectivity index is 1.73. The van der Waals surface area contributed by atoms with E-state index in [4.69, 9.17) is 9.15 Å². The van der Waals surface area contributed by atoms with E-state index in [1.807, 2.05) is 13.0 Å². The molecule has 2 aliphatic rings. The van der Waals surface area contributed by atoms with Crippen molar-refractivity contribution in [3.63, 3.8) is 0 Å². The average Bonchev–Trinajstić information content (AvgIpc) is 3.17. The lowest BCUT2D eigenvalue weighted by molar-refractivity contribution is -0.151. The van der Waals surface area contributed by atoms with Gasteiger partial charge in [0.05, 0.1) is 17.9 Å². The van der Waals surface area contributed by atoms with Crippen LogP contribution in [0.4, 0.5) is 0 Å². The summed E-state index contributed by atoms with van der Waals surface area (Å²) in [4.78, 5) is 28.4.